The maximum Gasteiger partial charge on any atom is 0.264 e. The van der Waals surface area contributed by atoms with Crippen LogP contribution in [0, 0.1) is 5.92 Å². The van der Waals surface area contributed by atoms with Crippen LogP contribution in [0.1, 0.15) is 12.8 Å². The molecule has 1 N–H and O–H groups in total. The smallest absolute Gasteiger partial charge is 0.264 e. The summed E-state index contributed by atoms with van der Waals surface area (Å²) in [5, 5.41) is 3.02. The van der Waals surface area contributed by atoms with Crippen LogP contribution < -0.4 is 19.7 Å². The topological polar surface area (TPSA) is 76.6 Å². The van der Waals surface area contributed by atoms with Crippen molar-refractivity contribution >= 4 is 11.7 Å². The highest BCUT2D eigenvalue weighted by Crippen LogP contribution is 2.30. The molecule has 1 saturated heterocycles. The largest absolute Gasteiger partial charge is 0.485 e. The third-order valence-corrected chi connectivity index (χ3v) is 4.85. The van der Waals surface area contributed by atoms with Crippen LogP contribution in [-0.2, 0) is 4.79 Å². The maximum atomic E-state index is 12.4. The van der Waals surface area contributed by atoms with Crippen LogP contribution >= 0.6 is 0 Å². The standard InChI is InChI=1S/C19H22N4O3/c24-19(17-13-25-15-3-1-2-4-16(15)26-17)22-11-14-5-9-23(10-6-14)18-12-20-7-8-21-18/h1-4,7-8,12,14,17H,5-6,9-11,13H2,(H,22,24). The number of fused-ring (bicyclic) bond motifs is 1. The van der Waals surface area contributed by atoms with Crippen LogP contribution in [0.2, 0.25) is 0 Å². The zero-order valence-electron chi connectivity index (χ0n) is 14.5. The third-order valence-electron chi connectivity index (χ3n) is 4.85. The molecule has 7 nitrogen and oxygen atoms in total. The Morgan fingerprint density at radius 1 is 1.19 bits per heavy atom. The molecule has 3 heterocycles. The molecular formula is C19H22N4O3. The molecule has 26 heavy (non-hydrogen) atoms. The number of benzene rings is 1. The molecule has 7 heteroatoms. The first kappa shape index (κ1) is 16.6. The zero-order valence-corrected chi connectivity index (χ0v) is 14.5. The first-order valence-electron chi connectivity index (χ1n) is 8.97. The van der Waals surface area contributed by atoms with Crippen LogP contribution in [0.4, 0.5) is 5.82 Å². The Morgan fingerprint density at radius 2 is 2.00 bits per heavy atom. The van der Waals surface area contributed by atoms with Crippen LogP contribution in [0.5, 0.6) is 11.5 Å². The van der Waals surface area contributed by atoms with Gasteiger partial charge in [-0.2, -0.15) is 0 Å². The number of piperidine rings is 1. The van der Waals surface area contributed by atoms with Crippen molar-refractivity contribution in [2.75, 3.05) is 31.1 Å². The van der Waals surface area contributed by atoms with Crippen LogP contribution in [0.15, 0.2) is 42.9 Å². The Morgan fingerprint density at radius 3 is 2.77 bits per heavy atom. The average molecular weight is 354 g/mol. The van der Waals surface area contributed by atoms with Gasteiger partial charge in [-0.1, -0.05) is 12.1 Å². The Labute approximate surface area is 152 Å². The number of nitrogens with zero attached hydrogens (tertiary/aromatic N) is 3. The van der Waals surface area contributed by atoms with Crippen LogP contribution in [-0.4, -0.2) is 48.2 Å². The van der Waals surface area contributed by atoms with Crippen molar-refractivity contribution < 1.29 is 14.3 Å². The molecule has 0 spiro atoms. The second-order valence-electron chi connectivity index (χ2n) is 6.60. The second kappa shape index (κ2) is 7.59. The van der Waals surface area contributed by atoms with E-state index in [9.17, 15) is 4.79 Å². The minimum atomic E-state index is -0.593. The number of carbonyl (C=O) groups is 1. The van der Waals surface area contributed by atoms with Gasteiger partial charge in [-0.05, 0) is 30.9 Å². The fourth-order valence-corrected chi connectivity index (χ4v) is 3.33. The van der Waals surface area contributed by atoms with Crippen molar-refractivity contribution in [2.45, 2.75) is 18.9 Å². The zero-order chi connectivity index (χ0) is 17.8. The Kier molecular flexibility index (Phi) is 4.86. The number of anilines is 1. The lowest BCUT2D eigenvalue weighted by Gasteiger charge is -2.33. The molecule has 136 valence electrons. The second-order valence-corrected chi connectivity index (χ2v) is 6.60. The molecule has 4 rings (SSSR count). The summed E-state index contributed by atoms with van der Waals surface area (Å²) in [6, 6.07) is 7.41. The van der Waals surface area contributed by atoms with Gasteiger partial charge in [0.2, 0.25) is 6.10 Å². The van der Waals surface area contributed by atoms with Gasteiger partial charge in [0, 0.05) is 32.0 Å². The van der Waals surface area contributed by atoms with Gasteiger partial charge in [0.15, 0.2) is 11.5 Å². The van der Waals surface area contributed by atoms with Gasteiger partial charge in [0.1, 0.15) is 12.4 Å². The minimum absolute atomic E-state index is 0.115. The Bertz CT molecular complexity index is 747. The molecular weight excluding hydrogens is 332 g/mol. The fourth-order valence-electron chi connectivity index (χ4n) is 3.33. The molecule has 1 fully saturated rings. The van der Waals surface area contributed by atoms with Gasteiger partial charge in [-0.25, -0.2) is 4.98 Å². The van der Waals surface area contributed by atoms with Crippen LogP contribution in [0.3, 0.4) is 0 Å². The van der Waals surface area contributed by atoms with E-state index < -0.39 is 6.10 Å². The summed E-state index contributed by atoms with van der Waals surface area (Å²) in [7, 11) is 0. The van der Waals surface area contributed by atoms with Crippen molar-refractivity contribution in [3.05, 3.63) is 42.9 Å². The molecule has 0 saturated carbocycles. The summed E-state index contributed by atoms with van der Waals surface area (Å²) in [6.45, 7) is 2.76. The molecule has 2 aliphatic rings. The van der Waals surface area contributed by atoms with Gasteiger partial charge >= 0.3 is 0 Å². The highest BCUT2D eigenvalue weighted by molar-refractivity contribution is 5.81. The van der Waals surface area contributed by atoms with E-state index in [2.05, 4.69) is 20.2 Å². The van der Waals surface area contributed by atoms with E-state index in [1.807, 2.05) is 24.3 Å². The first-order valence-corrected chi connectivity index (χ1v) is 8.97. The third kappa shape index (κ3) is 3.71. The molecule has 0 bridgehead atoms. The summed E-state index contributed by atoms with van der Waals surface area (Å²) < 4.78 is 11.4. The van der Waals surface area contributed by atoms with Crippen molar-refractivity contribution in [3.63, 3.8) is 0 Å². The summed E-state index contributed by atoms with van der Waals surface area (Å²) in [5.41, 5.74) is 0. The minimum Gasteiger partial charge on any atom is -0.485 e. The predicted octanol–water partition coefficient (Wildman–Crippen LogP) is 1.65. The van der Waals surface area contributed by atoms with E-state index in [0.29, 0.717) is 24.0 Å². The first-order chi connectivity index (χ1) is 12.8. The lowest BCUT2D eigenvalue weighted by molar-refractivity contribution is -0.130. The number of carbonyl (C=O) groups excluding carboxylic acids is 1. The van der Waals surface area contributed by atoms with Gasteiger partial charge in [0.25, 0.3) is 5.91 Å². The fraction of sp³-hybridized carbons (Fsp3) is 0.421. The van der Waals surface area contributed by atoms with E-state index in [4.69, 9.17) is 9.47 Å². The SMILES string of the molecule is O=C(NCC1CCN(c2cnccn2)CC1)C1COc2ccccc2O1. The van der Waals surface area contributed by atoms with Crippen LogP contribution in [0.25, 0.3) is 0 Å². The van der Waals surface area contributed by atoms with E-state index >= 15 is 0 Å². The number of para-hydroxylation sites is 2. The van der Waals surface area contributed by atoms with Crippen molar-refractivity contribution in [2.24, 2.45) is 5.92 Å². The molecule has 1 atom stereocenters. The number of hydrogen-bond donors (Lipinski definition) is 1. The van der Waals surface area contributed by atoms with Crippen molar-refractivity contribution in [1.82, 2.24) is 15.3 Å². The van der Waals surface area contributed by atoms with Gasteiger partial charge in [0.05, 0.1) is 6.20 Å². The molecule has 0 radical (unpaired) electrons. The van der Waals surface area contributed by atoms with E-state index in [0.717, 1.165) is 31.7 Å². The number of nitrogens with one attached hydrogen (secondary N) is 1. The molecule has 1 amide bonds. The molecule has 2 aliphatic heterocycles. The van der Waals surface area contributed by atoms with E-state index in [-0.39, 0.29) is 12.5 Å². The Balaban J connectivity index is 1.23. The number of rotatable bonds is 4. The molecule has 1 aromatic heterocycles. The van der Waals surface area contributed by atoms with Gasteiger partial charge < -0.3 is 19.7 Å². The quantitative estimate of drug-likeness (QED) is 0.900. The predicted molar refractivity (Wildman–Crippen MR) is 96.3 cm³/mol. The summed E-state index contributed by atoms with van der Waals surface area (Å²) in [5.74, 6) is 2.57. The number of hydrogen-bond acceptors (Lipinski definition) is 6. The van der Waals surface area contributed by atoms with E-state index in [1.165, 1.54) is 0 Å². The number of ether oxygens (including phenoxy) is 2. The number of aromatic nitrogens is 2. The van der Waals surface area contributed by atoms with Crippen molar-refractivity contribution in [3.8, 4) is 11.5 Å². The summed E-state index contributed by atoms with van der Waals surface area (Å²) >= 11 is 0. The molecule has 2 aromatic rings. The lowest BCUT2D eigenvalue weighted by Crippen LogP contribution is -2.46. The summed E-state index contributed by atoms with van der Waals surface area (Å²) in [6.07, 6.45) is 6.63. The highest BCUT2D eigenvalue weighted by Gasteiger charge is 2.28. The molecule has 1 aromatic carbocycles. The number of amides is 1. The Hall–Kier alpha value is -2.83. The van der Waals surface area contributed by atoms with Crippen molar-refractivity contribution in [1.29, 1.82) is 0 Å². The normalized spacial score (nSPS) is 19.8. The summed E-state index contributed by atoms with van der Waals surface area (Å²) in [4.78, 5) is 23.1. The van der Waals surface area contributed by atoms with Gasteiger partial charge in [-0.15, -0.1) is 0 Å². The highest BCUT2D eigenvalue weighted by atomic mass is 16.6. The van der Waals surface area contributed by atoms with Gasteiger partial charge in [-0.3, -0.25) is 9.78 Å². The van der Waals surface area contributed by atoms with E-state index in [1.54, 1.807) is 18.6 Å². The average Bonchev–Trinajstić information content (AvgIpc) is 2.72. The maximum absolute atomic E-state index is 12.4. The monoisotopic (exact) mass is 354 g/mol. The molecule has 1 unspecified atom stereocenters. The lowest BCUT2D eigenvalue weighted by atomic mass is 9.96. The molecule has 0 aliphatic carbocycles.